The summed E-state index contributed by atoms with van der Waals surface area (Å²) in [5.74, 6) is 0.824. The molecule has 11 heteroatoms. The minimum Gasteiger partial charge on any atom is -0.476 e. The Morgan fingerprint density at radius 3 is 2.58 bits per heavy atom. The number of aromatic nitrogens is 1. The molecule has 31 heavy (non-hydrogen) atoms. The van der Waals surface area contributed by atoms with Gasteiger partial charge in [-0.25, -0.2) is 4.98 Å². The van der Waals surface area contributed by atoms with Gasteiger partial charge in [0.1, 0.15) is 6.61 Å². The first-order valence-electron chi connectivity index (χ1n) is 10.4. The lowest BCUT2D eigenvalue weighted by atomic mass is 10.1. The zero-order valence-corrected chi connectivity index (χ0v) is 18.0. The van der Waals surface area contributed by atoms with Gasteiger partial charge in [-0.05, 0) is 25.3 Å². The molecule has 1 saturated heterocycles. The normalized spacial score (nSPS) is 16.1. The van der Waals surface area contributed by atoms with Crippen molar-refractivity contribution < 1.29 is 22.7 Å². The van der Waals surface area contributed by atoms with Gasteiger partial charge in [-0.2, -0.15) is 13.2 Å². The number of pyridine rings is 1. The predicted molar refractivity (Wildman–Crippen MR) is 112 cm³/mol. The first kappa shape index (κ1) is 24.7. The first-order chi connectivity index (χ1) is 14.8. The number of halogens is 3. The molecule has 3 N–H and O–H groups in total. The average Bonchev–Trinajstić information content (AvgIpc) is 2.75. The van der Waals surface area contributed by atoms with Crippen LogP contribution in [-0.2, 0) is 11.0 Å². The molecule has 1 aromatic rings. The van der Waals surface area contributed by atoms with Crippen LogP contribution in [-0.4, -0.2) is 74.2 Å². The van der Waals surface area contributed by atoms with Crippen molar-refractivity contribution in [1.29, 1.82) is 0 Å². The number of likely N-dealkylation sites (tertiary alicyclic amines) is 1. The Morgan fingerprint density at radius 1 is 1.26 bits per heavy atom. The van der Waals surface area contributed by atoms with E-state index in [1.807, 2.05) is 6.92 Å². The number of hydrogen-bond donors (Lipinski definition) is 3. The number of carbonyl (C=O) groups is 1. The standard InChI is InChI=1S/C20H31F3N6O2/c1-3-8-25-17(30)14-29-10-6-16(7-11-29)28-19(24-2)26-9-12-31-18-5-4-15(13-27-18)20(21,22)23/h4-5,13,16H,3,6-12,14H2,1-2H3,(H,25,30)(H2,24,26,28). The Morgan fingerprint density at radius 2 is 2.00 bits per heavy atom. The molecule has 0 spiro atoms. The molecule has 0 radical (unpaired) electrons. The fraction of sp³-hybridized carbons (Fsp3) is 0.650. The number of alkyl halides is 3. The third-order valence-electron chi connectivity index (χ3n) is 4.80. The SMILES string of the molecule is CCCNC(=O)CN1CCC(NC(=NC)NCCOc2ccc(C(F)(F)F)cn2)CC1. The third-order valence-corrected chi connectivity index (χ3v) is 4.80. The number of amides is 1. The minimum absolute atomic E-state index is 0.0632. The number of guanidine groups is 1. The predicted octanol–water partition coefficient (Wildman–Crippen LogP) is 1.63. The van der Waals surface area contributed by atoms with Crippen LogP contribution in [0, 0.1) is 0 Å². The number of nitrogens with zero attached hydrogens (tertiary/aromatic N) is 3. The van der Waals surface area contributed by atoms with Crippen LogP contribution in [0.2, 0.25) is 0 Å². The lowest BCUT2D eigenvalue weighted by Gasteiger charge is -2.32. The number of rotatable bonds is 9. The summed E-state index contributed by atoms with van der Waals surface area (Å²) in [5.41, 5.74) is -0.810. The van der Waals surface area contributed by atoms with Crippen molar-refractivity contribution in [3.63, 3.8) is 0 Å². The molecule has 0 aromatic carbocycles. The van der Waals surface area contributed by atoms with Crippen molar-refractivity contribution >= 4 is 11.9 Å². The van der Waals surface area contributed by atoms with Crippen molar-refractivity contribution in [2.45, 2.75) is 38.4 Å². The molecule has 1 fully saturated rings. The molecule has 0 saturated carbocycles. The largest absolute Gasteiger partial charge is 0.476 e. The van der Waals surface area contributed by atoms with Crippen LogP contribution in [0.1, 0.15) is 31.7 Å². The molecular weight excluding hydrogens is 413 g/mol. The molecule has 1 amide bonds. The van der Waals surface area contributed by atoms with Gasteiger partial charge in [0, 0.05) is 45.0 Å². The third kappa shape index (κ3) is 8.99. The lowest BCUT2D eigenvalue weighted by Crippen LogP contribution is -2.50. The van der Waals surface area contributed by atoms with Crippen LogP contribution in [0.15, 0.2) is 23.3 Å². The van der Waals surface area contributed by atoms with E-state index < -0.39 is 11.7 Å². The molecule has 1 aliphatic rings. The van der Waals surface area contributed by atoms with Crippen LogP contribution in [0.5, 0.6) is 5.88 Å². The number of piperidine rings is 1. The van der Waals surface area contributed by atoms with Crippen molar-refractivity contribution in [3.05, 3.63) is 23.9 Å². The maximum Gasteiger partial charge on any atom is 0.417 e. The Balaban J connectivity index is 1.64. The molecule has 0 bridgehead atoms. The fourth-order valence-electron chi connectivity index (χ4n) is 3.11. The van der Waals surface area contributed by atoms with Crippen LogP contribution >= 0.6 is 0 Å². The van der Waals surface area contributed by atoms with Gasteiger partial charge in [-0.3, -0.25) is 14.7 Å². The van der Waals surface area contributed by atoms with Crippen LogP contribution in [0.3, 0.4) is 0 Å². The summed E-state index contributed by atoms with van der Waals surface area (Å²) < 4.78 is 43.0. The Hall–Kier alpha value is -2.56. The molecule has 0 atom stereocenters. The summed E-state index contributed by atoms with van der Waals surface area (Å²) >= 11 is 0. The van der Waals surface area contributed by atoms with E-state index in [4.69, 9.17) is 4.74 Å². The van der Waals surface area contributed by atoms with Gasteiger partial charge in [0.25, 0.3) is 0 Å². The summed E-state index contributed by atoms with van der Waals surface area (Å²) in [6.45, 7) is 5.46. The molecule has 174 valence electrons. The van der Waals surface area contributed by atoms with Gasteiger partial charge in [0.05, 0.1) is 18.7 Å². The highest BCUT2D eigenvalue weighted by Crippen LogP contribution is 2.29. The Kier molecular flexibility index (Phi) is 9.83. The molecule has 1 aliphatic heterocycles. The van der Waals surface area contributed by atoms with Crippen LogP contribution < -0.4 is 20.7 Å². The molecular formula is C20H31F3N6O2. The van der Waals surface area contributed by atoms with Gasteiger partial charge in [0.2, 0.25) is 11.8 Å². The molecule has 0 aliphatic carbocycles. The summed E-state index contributed by atoms with van der Waals surface area (Å²) in [4.78, 5) is 21.8. The second-order valence-electron chi connectivity index (χ2n) is 7.28. The van der Waals surface area contributed by atoms with E-state index in [2.05, 4.69) is 30.8 Å². The van der Waals surface area contributed by atoms with Gasteiger partial charge in [0.15, 0.2) is 5.96 Å². The van der Waals surface area contributed by atoms with Gasteiger partial charge in [-0.1, -0.05) is 6.92 Å². The smallest absolute Gasteiger partial charge is 0.417 e. The number of aliphatic imine (C=N–C) groups is 1. The quantitative estimate of drug-likeness (QED) is 0.305. The number of hydrogen-bond acceptors (Lipinski definition) is 5. The average molecular weight is 445 g/mol. The summed E-state index contributed by atoms with van der Waals surface area (Å²) in [6.07, 6.45) is -0.941. The Labute approximate surface area is 180 Å². The van der Waals surface area contributed by atoms with E-state index >= 15 is 0 Å². The Bertz CT molecular complexity index is 704. The highest BCUT2D eigenvalue weighted by atomic mass is 19.4. The maximum atomic E-state index is 12.5. The summed E-state index contributed by atoms with van der Waals surface area (Å²) in [6, 6.07) is 2.39. The minimum atomic E-state index is -4.41. The van der Waals surface area contributed by atoms with Crippen molar-refractivity contribution in [2.75, 3.05) is 46.4 Å². The molecule has 1 aromatic heterocycles. The summed E-state index contributed by atoms with van der Waals surface area (Å²) in [5, 5.41) is 9.36. The first-order valence-corrected chi connectivity index (χ1v) is 10.4. The molecule has 8 nitrogen and oxygen atoms in total. The number of ether oxygens (including phenoxy) is 1. The van der Waals surface area contributed by atoms with Crippen LogP contribution in [0.25, 0.3) is 0 Å². The monoisotopic (exact) mass is 444 g/mol. The lowest BCUT2D eigenvalue weighted by molar-refractivity contribution is -0.137. The highest BCUT2D eigenvalue weighted by Gasteiger charge is 2.30. The van der Waals surface area contributed by atoms with Gasteiger partial charge >= 0.3 is 6.18 Å². The second-order valence-corrected chi connectivity index (χ2v) is 7.28. The van der Waals surface area contributed by atoms with E-state index in [9.17, 15) is 18.0 Å². The van der Waals surface area contributed by atoms with Crippen molar-refractivity contribution in [2.24, 2.45) is 4.99 Å². The second kappa shape index (κ2) is 12.3. The van der Waals surface area contributed by atoms with Gasteiger partial charge < -0.3 is 20.7 Å². The van der Waals surface area contributed by atoms with E-state index in [-0.39, 0.29) is 24.4 Å². The number of nitrogens with one attached hydrogen (secondary N) is 3. The molecule has 2 rings (SSSR count). The zero-order valence-electron chi connectivity index (χ0n) is 18.0. The van der Waals surface area contributed by atoms with Crippen LogP contribution in [0.4, 0.5) is 13.2 Å². The van der Waals surface area contributed by atoms with Crippen molar-refractivity contribution in [3.8, 4) is 5.88 Å². The molecule has 0 unspecified atom stereocenters. The van der Waals surface area contributed by atoms with E-state index in [0.717, 1.165) is 44.6 Å². The number of carbonyl (C=O) groups excluding carboxylic acids is 1. The zero-order chi connectivity index (χ0) is 22.7. The van der Waals surface area contributed by atoms with E-state index in [0.29, 0.717) is 25.6 Å². The fourth-order valence-corrected chi connectivity index (χ4v) is 3.11. The highest BCUT2D eigenvalue weighted by molar-refractivity contribution is 5.80. The van der Waals surface area contributed by atoms with Gasteiger partial charge in [-0.15, -0.1) is 0 Å². The van der Waals surface area contributed by atoms with E-state index in [1.165, 1.54) is 6.07 Å². The molecule has 2 heterocycles. The van der Waals surface area contributed by atoms with Crippen molar-refractivity contribution in [1.82, 2.24) is 25.8 Å². The topological polar surface area (TPSA) is 90.9 Å². The maximum absolute atomic E-state index is 12.5. The summed E-state index contributed by atoms with van der Waals surface area (Å²) in [7, 11) is 1.67. The van der Waals surface area contributed by atoms with E-state index in [1.54, 1.807) is 7.05 Å².